The summed E-state index contributed by atoms with van der Waals surface area (Å²) in [5.74, 6) is -0.475. The fourth-order valence-corrected chi connectivity index (χ4v) is 3.39. The number of likely N-dealkylation sites (N-methyl/N-ethyl adjacent to an activating group) is 1. The van der Waals surface area contributed by atoms with Crippen molar-refractivity contribution in [3.8, 4) is 0 Å². The van der Waals surface area contributed by atoms with Gasteiger partial charge in [-0.1, -0.05) is 0 Å². The van der Waals surface area contributed by atoms with Gasteiger partial charge in [0.1, 0.15) is 6.54 Å². The fraction of sp³-hybridized carbons (Fsp3) is 0.800. The number of esters is 1. The Bertz CT molecular complexity index is 484. The molecule has 8 heteroatoms. The lowest BCUT2D eigenvalue weighted by Gasteiger charge is -2.48. The smallest absolute Gasteiger partial charge is 0.407 e. The zero-order valence-corrected chi connectivity index (χ0v) is 13.8. The van der Waals surface area contributed by atoms with E-state index in [4.69, 9.17) is 4.74 Å². The monoisotopic (exact) mass is 327 g/mol. The van der Waals surface area contributed by atoms with Crippen LogP contribution in [0.25, 0.3) is 0 Å². The van der Waals surface area contributed by atoms with Crippen LogP contribution in [0.15, 0.2) is 0 Å². The van der Waals surface area contributed by atoms with Crippen molar-refractivity contribution in [1.82, 2.24) is 14.7 Å². The van der Waals surface area contributed by atoms with Crippen LogP contribution in [0.1, 0.15) is 26.2 Å². The molecule has 0 saturated carbocycles. The molecule has 2 rings (SSSR count). The summed E-state index contributed by atoms with van der Waals surface area (Å²) in [7, 11) is 1.98. The number of hydrogen-bond acceptors (Lipinski definition) is 5. The van der Waals surface area contributed by atoms with E-state index in [2.05, 4.69) is 4.90 Å². The molecular formula is C15H25N3O5. The molecule has 1 spiro atoms. The molecule has 1 N–H and O–H groups in total. The Labute approximate surface area is 136 Å². The van der Waals surface area contributed by atoms with Crippen molar-refractivity contribution in [2.75, 3.05) is 46.4 Å². The zero-order chi connectivity index (χ0) is 17.0. The van der Waals surface area contributed by atoms with E-state index in [1.807, 2.05) is 7.05 Å². The first-order valence-electron chi connectivity index (χ1n) is 8.00. The minimum atomic E-state index is -0.920. The van der Waals surface area contributed by atoms with Gasteiger partial charge in [-0.05, 0) is 26.8 Å². The second-order valence-corrected chi connectivity index (χ2v) is 6.22. The number of carbonyl (C=O) groups excluding carboxylic acids is 2. The Kier molecular flexibility index (Phi) is 5.46. The summed E-state index contributed by atoms with van der Waals surface area (Å²) >= 11 is 0. The van der Waals surface area contributed by atoms with Gasteiger partial charge in [-0.15, -0.1) is 0 Å². The summed E-state index contributed by atoms with van der Waals surface area (Å²) in [5.41, 5.74) is -0.338. The number of likely N-dealkylation sites (tertiary alicyclic amines) is 1. The van der Waals surface area contributed by atoms with E-state index >= 15 is 0 Å². The zero-order valence-electron chi connectivity index (χ0n) is 13.8. The largest absolute Gasteiger partial charge is 0.465 e. The van der Waals surface area contributed by atoms with Crippen LogP contribution in [0, 0.1) is 0 Å². The van der Waals surface area contributed by atoms with Crippen molar-refractivity contribution in [3.63, 3.8) is 0 Å². The first kappa shape index (κ1) is 17.5. The molecule has 2 aliphatic rings. The number of piperazine rings is 1. The first-order valence-corrected chi connectivity index (χ1v) is 8.00. The third-order valence-electron chi connectivity index (χ3n) is 4.90. The summed E-state index contributed by atoms with van der Waals surface area (Å²) in [6.45, 7) is 3.96. The highest BCUT2D eigenvalue weighted by molar-refractivity contribution is 5.82. The third-order valence-corrected chi connectivity index (χ3v) is 4.90. The fourth-order valence-electron chi connectivity index (χ4n) is 3.39. The molecule has 0 aromatic heterocycles. The molecule has 2 fully saturated rings. The van der Waals surface area contributed by atoms with Gasteiger partial charge in [-0.2, -0.15) is 0 Å². The van der Waals surface area contributed by atoms with Crippen molar-refractivity contribution in [3.05, 3.63) is 0 Å². The normalized spacial score (nSPS) is 26.3. The summed E-state index contributed by atoms with van der Waals surface area (Å²) in [5, 5.41) is 9.26. The van der Waals surface area contributed by atoms with Gasteiger partial charge in [-0.25, -0.2) is 4.79 Å². The standard InChI is InChI=1S/C15H25N3O5/c1-3-23-13(20)10-17-7-6-15(5-4-12(17)19)11-18(14(21)22)9-8-16(15)2/h3-11H2,1-2H3,(H,21,22). The van der Waals surface area contributed by atoms with E-state index in [0.717, 1.165) is 0 Å². The first-order chi connectivity index (χ1) is 10.9. The van der Waals surface area contributed by atoms with Crippen LogP contribution in [-0.4, -0.2) is 89.7 Å². The minimum absolute atomic E-state index is 0.0326. The van der Waals surface area contributed by atoms with E-state index in [0.29, 0.717) is 52.0 Å². The van der Waals surface area contributed by atoms with Gasteiger partial charge in [0, 0.05) is 38.1 Å². The number of rotatable bonds is 3. The Morgan fingerprint density at radius 2 is 2.00 bits per heavy atom. The van der Waals surface area contributed by atoms with E-state index in [1.165, 1.54) is 9.80 Å². The van der Waals surface area contributed by atoms with Crippen molar-refractivity contribution in [2.24, 2.45) is 0 Å². The van der Waals surface area contributed by atoms with Crippen molar-refractivity contribution in [1.29, 1.82) is 0 Å². The molecule has 1 unspecified atom stereocenters. The van der Waals surface area contributed by atoms with E-state index < -0.39 is 12.1 Å². The van der Waals surface area contributed by atoms with Gasteiger partial charge in [0.2, 0.25) is 5.91 Å². The van der Waals surface area contributed by atoms with Crippen LogP contribution in [0.3, 0.4) is 0 Å². The average molecular weight is 327 g/mol. The molecule has 130 valence electrons. The predicted molar refractivity (Wildman–Crippen MR) is 82.0 cm³/mol. The lowest BCUT2D eigenvalue weighted by Crippen LogP contribution is -2.62. The van der Waals surface area contributed by atoms with E-state index in [1.54, 1.807) is 6.92 Å². The minimum Gasteiger partial charge on any atom is -0.465 e. The SMILES string of the molecule is CCOC(=O)CN1CCC2(CCC1=O)CN(C(=O)O)CCN2C. The maximum Gasteiger partial charge on any atom is 0.407 e. The number of hydrogen-bond donors (Lipinski definition) is 1. The molecule has 23 heavy (non-hydrogen) atoms. The maximum atomic E-state index is 12.3. The molecule has 0 radical (unpaired) electrons. The van der Waals surface area contributed by atoms with Gasteiger partial charge in [0.25, 0.3) is 0 Å². The van der Waals surface area contributed by atoms with Crippen LogP contribution >= 0.6 is 0 Å². The van der Waals surface area contributed by atoms with Crippen LogP contribution in [0.4, 0.5) is 4.79 Å². The molecular weight excluding hydrogens is 302 g/mol. The van der Waals surface area contributed by atoms with Gasteiger partial charge in [-0.3, -0.25) is 14.5 Å². The highest BCUT2D eigenvalue weighted by Crippen LogP contribution is 2.32. The molecule has 0 aromatic rings. The lowest BCUT2D eigenvalue weighted by atomic mass is 9.86. The lowest BCUT2D eigenvalue weighted by molar-refractivity contribution is -0.148. The van der Waals surface area contributed by atoms with Gasteiger partial charge in [0.15, 0.2) is 0 Å². The summed E-state index contributed by atoms with van der Waals surface area (Å²) in [4.78, 5) is 40.3. The molecule has 2 aliphatic heterocycles. The highest BCUT2D eigenvalue weighted by Gasteiger charge is 2.43. The molecule has 0 bridgehead atoms. The van der Waals surface area contributed by atoms with Crippen molar-refractivity contribution < 1.29 is 24.2 Å². The summed E-state index contributed by atoms with van der Waals surface area (Å²) in [6, 6.07) is 0. The Morgan fingerprint density at radius 3 is 2.65 bits per heavy atom. The van der Waals surface area contributed by atoms with E-state index in [9.17, 15) is 19.5 Å². The summed E-state index contributed by atoms with van der Waals surface area (Å²) in [6.07, 6.45) is 0.651. The van der Waals surface area contributed by atoms with Crippen LogP contribution in [-0.2, 0) is 14.3 Å². The Hall–Kier alpha value is -1.83. The molecule has 0 aromatic carbocycles. The van der Waals surface area contributed by atoms with Gasteiger partial charge >= 0.3 is 12.1 Å². The van der Waals surface area contributed by atoms with Crippen LogP contribution in [0.2, 0.25) is 0 Å². The Morgan fingerprint density at radius 1 is 1.26 bits per heavy atom. The third kappa shape index (κ3) is 3.93. The van der Waals surface area contributed by atoms with Gasteiger partial charge in [0.05, 0.1) is 6.61 Å². The Balaban J connectivity index is 2.07. The number of carbonyl (C=O) groups is 3. The quantitative estimate of drug-likeness (QED) is 0.746. The number of carboxylic acid groups (broad SMARTS) is 1. The van der Waals surface area contributed by atoms with Gasteiger partial charge < -0.3 is 19.6 Å². The van der Waals surface area contributed by atoms with Crippen LogP contribution in [0.5, 0.6) is 0 Å². The summed E-state index contributed by atoms with van der Waals surface area (Å²) < 4.78 is 4.91. The second kappa shape index (κ2) is 7.16. The molecule has 2 saturated heterocycles. The second-order valence-electron chi connectivity index (χ2n) is 6.22. The number of ether oxygens (including phenoxy) is 1. The molecule has 1 atom stereocenters. The maximum absolute atomic E-state index is 12.3. The molecule has 2 amide bonds. The highest BCUT2D eigenvalue weighted by atomic mass is 16.5. The van der Waals surface area contributed by atoms with Crippen LogP contribution < -0.4 is 0 Å². The molecule has 0 aliphatic carbocycles. The molecule has 8 nitrogen and oxygen atoms in total. The molecule has 2 heterocycles. The number of nitrogens with zero attached hydrogens (tertiary/aromatic N) is 3. The van der Waals surface area contributed by atoms with Crippen molar-refractivity contribution in [2.45, 2.75) is 31.7 Å². The van der Waals surface area contributed by atoms with Crippen molar-refractivity contribution >= 4 is 18.0 Å². The average Bonchev–Trinajstić information content (AvgIpc) is 2.65. The number of amides is 2. The predicted octanol–water partition coefficient (Wildman–Crippen LogP) is 0.226. The van der Waals surface area contributed by atoms with E-state index in [-0.39, 0.29) is 18.0 Å². The topological polar surface area (TPSA) is 90.4 Å².